The quantitative estimate of drug-likeness (QED) is 0.554. The van der Waals surface area contributed by atoms with Crippen molar-refractivity contribution in [1.82, 2.24) is 0 Å². The largest absolute Gasteiger partial charge is 0.381 e. The Morgan fingerprint density at radius 3 is 1.17 bits per heavy atom. The van der Waals surface area contributed by atoms with Gasteiger partial charge >= 0.3 is 0 Å². The van der Waals surface area contributed by atoms with Gasteiger partial charge in [-0.15, -0.1) is 0 Å². The van der Waals surface area contributed by atoms with E-state index in [1.807, 2.05) is 0 Å². The number of hydrogen-bond donors (Lipinski definition) is 0. The van der Waals surface area contributed by atoms with E-state index in [9.17, 15) is 0 Å². The molecule has 1 heteroatoms. The minimum Gasteiger partial charge on any atom is -0.381 e. The maximum atomic E-state index is 5.14. The lowest BCUT2D eigenvalue weighted by Gasteiger charge is -2.16. The molecule has 1 saturated carbocycles. The summed E-state index contributed by atoms with van der Waals surface area (Å²) in [7, 11) is 0. The summed E-state index contributed by atoms with van der Waals surface area (Å²) in [4.78, 5) is 0. The molecule has 2 aliphatic rings. The average Bonchev–Trinajstić information content (AvgIpc) is 3.15. The molecule has 112 valence electrons. The highest BCUT2D eigenvalue weighted by atomic mass is 16.5. The van der Waals surface area contributed by atoms with Gasteiger partial charge in [0.05, 0.1) is 0 Å². The number of rotatable bonds is 1. The van der Waals surface area contributed by atoms with Gasteiger partial charge in [-0.05, 0) is 24.7 Å². The smallest absolute Gasteiger partial charge is 0.0468 e. The normalized spacial score (nSPS) is 18.3. The van der Waals surface area contributed by atoms with Gasteiger partial charge in [0.2, 0.25) is 0 Å². The molecular formula is C17H38O. The molecule has 0 aromatic carbocycles. The Labute approximate surface area is 117 Å². The third-order valence-electron chi connectivity index (χ3n) is 2.88. The lowest BCUT2D eigenvalue weighted by Crippen LogP contribution is -2.12. The van der Waals surface area contributed by atoms with Gasteiger partial charge in [0.1, 0.15) is 0 Å². The number of unbranched alkanes of at least 4 members (excludes halogenated alkanes) is 1. The molecule has 2 rings (SSSR count). The molecule has 0 radical (unpaired) electrons. The van der Waals surface area contributed by atoms with Crippen molar-refractivity contribution in [3.8, 4) is 0 Å². The monoisotopic (exact) mass is 258 g/mol. The third kappa shape index (κ3) is 25.0. The zero-order chi connectivity index (χ0) is 14.2. The first-order valence-corrected chi connectivity index (χ1v) is 8.19. The Hall–Kier alpha value is -0.0400. The highest BCUT2D eigenvalue weighted by molar-refractivity contribution is 4.65. The molecule has 1 aliphatic carbocycles. The fourth-order valence-corrected chi connectivity index (χ4v) is 0.982. The van der Waals surface area contributed by atoms with E-state index in [1.54, 1.807) is 0 Å². The first-order chi connectivity index (χ1) is 8.62. The van der Waals surface area contributed by atoms with Crippen LogP contribution in [0.4, 0.5) is 0 Å². The molecule has 0 N–H and O–H groups in total. The summed E-state index contributed by atoms with van der Waals surface area (Å²) in [5.41, 5.74) is 0. The van der Waals surface area contributed by atoms with Crippen LogP contribution in [0.5, 0.6) is 0 Å². The summed E-state index contributed by atoms with van der Waals surface area (Å²) < 4.78 is 5.14. The van der Waals surface area contributed by atoms with Crippen molar-refractivity contribution >= 4 is 0 Å². The van der Waals surface area contributed by atoms with E-state index in [0.29, 0.717) is 0 Å². The van der Waals surface area contributed by atoms with Crippen LogP contribution in [0.3, 0.4) is 0 Å². The van der Waals surface area contributed by atoms with Crippen molar-refractivity contribution in [2.45, 2.75) is 86.5 Å². The highest BCUT2D eigenvalue weighted by Gasteiger charge is 2.12. The third-order valence-corrected chi connectivity index (χ3v) is 2.88. The maximum Gasteiger partial charge on any atom is 0.0468 e. The maximum absolute atomic E-state index is 5.14. The Balaban J connectivity index is 0. The van der Waals surface area contributed by atoms with Crippen LogP contribution in [-0.4, -0.2) is 13.2 Å². The Kier molecular flexibility index (Phi) is 19.1. The van der Waals surface area contributed by atoms with Crippen LogP contribution < -0.4 is 0 Å². The second kappa shape index (κ2) is 17.0. The van der Waals surface area contributed by atoms with Crippen molar-refractivity contribution in [2.75, 3.05) is 13.2 Å². The van der Waals surface area contributed by atoms with Gasteiger partial charge in [-0.25, -0.2) is 0 Å². The molecule has 0 spiro atoms. The summed E-state index contributed by atoms with van der Waals surface area (Å²) >= 11 is 0. The molecule has 18 heavy (non-hydrogen) atoms. The molecule has 0 aromatic rings. The minimum absolute atomic E-state index is 0.911. The number of ether oxygens (including phenoxy) is 1. The SMILES string of the molecule is CC1CC1.CC1CCOCC1.CCC.CCCC. The molecule has 0 unspecified atom stereocenters. The molecule has 0 amide bonds. The van der Waals surface area contributed by atoms with Crippen LogP contribution in [0.1, 0.15) is 86.5 Å². The van der Waals surface area contributed by atoms with Gasteiger partial charge in [0.25, 0.3) is 0 Å². The van der Waals surface area contributed by atoms with Gasteiger partial charge in [-0.2, -0.15) is 0 Å². The minimum atomic E-state index is 0.911. The van der Waals surface area contributed by atoms with Crippen LogP contribution in [-0.2, 0) is 4.74 Å². The fourth-order valence-electron chi connectivity index (χ4n) is 0.982. The Bertz CT molecular complexity index is 122. The van der Waals surface area contributed by atoms with Gasteiger partial charge in [-0.3, -0.25) is 0 Å². The van der Waals surface area contributed by atoms with Crippen LogP contribution >= 0.6 is 0 Å². The predicted octanol–water partition coefficient (Wildman–Crippen LogP) is 6.07. The summed E-state index contributed by atoms with van der Waals surface area (Å²) in [6.07, 6.45) is 9.39. The summed E-state index contributed by atoms with van der Waals surface area (Å²) in [6.45, 7) is 15.1. The van der Waals surface area contributed by atoms with Crippen molar-refractivity contribution in [2.24, 2.45) is 11.8 Å². The van der Waals surface area contributed by atoms with E-state index < -0.39 is 0 Å². The zero-order valence-electron chi connectivity index (χ0n) is 13.9. The molecule has 1 saturated heterocycles. The Morgan fingerprint density at radius 1 is 0.722 bits per heavy atom. The van der Waals surface area contributed by atoms with E-state index in [1.165, 1.54) is 44.9 Å². The van der Waals surface area contributed by atoms with Gasteiger partial charge in [0, 0.05) is 13.2 Å². The van der Waals surface area contributed by atoms with Crippen LogP contribution in [0.15, 0.2) is 0 Å². The van der Waals surface area contributed by atoms with Crippen molar-refractivity contribution < 1.29 is 4.74 Å². The van der Waals surface area contributed by atoms with Crippen LogP contribution in [0.25, 0.3) is 0 Å². The molecule has 1 aliphatic heterocycles. The van der Waals surface area contributed by atoms with E-state index in [4.69, 9.17) is 4.74 Å². The second-order valence-corrected chi connectivity index (χ2v) is 5.68. The fraction of sp³-hybridized carbons (Fsp3) is 1.00. The van der Waals surface area contributed by atoms with Gasteiger partial charge < -0.3 is 4.74 Å². The Morgan fingerprint density at radius 2 is 1.06 bits per heavy atom. The molecular weight excluding hydrogens is 220 g/mol. The lowest BCUT2D eigenvalue weighted by atomic mass is 10.0. The van der Waals surface area contributed by atoms with Crippen molar-refractivity contribution in [1.29, 1.82) is 0 Å². The molecule has 1 heterocycles. The second-order valence-electron chi connectivity index (χ2n) is 5.68. The standard InChI is InChI=1S/C6H12O.C4H8.C4H10.C3H8/c1-6-2-4-7-5-3-6;1-4-2-3-4;1-3-4-2;1-3-2/h6H,2-5H2,1H3;4H,2-3H2,1H3;3-4H2,1-2H3;3H2,1-2H3. The summed E-state index contributed by atoms with van der Waals surface area (Å²) in [6, 6.07) is 0. The molecule has 0 atom stereocenters. The zero-order valence-corrected chi connectivity index (χ0v) is 13.9. The van der Waals surface area contributed by atoms with Crippen LogP contribution in [0, 0.1) is 11.8 Å². The van der Waals surface area contributed by atoms with E-state index in [0.717, 1.165) is 25.0 Å². The molecule has 0 aromatic heterocycles. The van der Waals surface area contributed by atoms with Crippen molar-refractivity contribution in [3.05, 3.63) is 0 Å². The predicted molar refractivity (Wildman–Crippen MR) is 84.2 cm³/mol. The van der Waals surface area contributed by atoms with E-state index >= 15 is 0 Å². The van der Waals surface area contributed by atoms with Crippen molar-refractivity contribution in [3.63, 3.8) is 0 Å². The first-order valence-electron chi connectivity index (χ1n) is 8.19. The average molecular weight is 258 g/mol. The van der Waals surface area contributed by atoms with Gasteiger partial charge in [0.15, 0.2) is 0 Å². The van der Waals surface area contributed by atoms with E-state index in [-0.39, 0.29) is 0 Å². The molecule has 1 nitrogen and oxygen atoms in total. The van der Waals surface area contributed by atoms with E-state index in [2.05, 4.69) is 41.5 Å². The summed E-state index contributed by atoms with van der Waals surface area (Å²) in [5, 5.41) is 0. The highest BCUT2D eigenvalue weighted by Crippen LogP contribution is 2.26. The first kappa shape index (κ1) is 20.3. The molecule has 2 fully saturated rings. The lowest BCUT2D eigenvalue weighted by molar-refractivity contribution is 0.0716. The molecule has 0 bridgehead atoms. The summed E-state index contributed by atoms with van der Waals surface area (Å²) in [5.74, 6) is 1.99. The van der Waals surface area contributed by atoms with Gasteiger partial charge in [-0.1, -0.05) is 73.6 Å². The van der Waals surface area contributed by atoms with Crippen LogP contribution in [0.2, 0.25) is 0 Å². The number of hydrogen-bond acceptors (Lipinski definition) is 1. The topological polar surface area (TPSA) is 9.23 Å².